The molecule has 1 fully saturated rings. The molecule has 3 aromatic carbocycles. The molecule has 6 heteroatoms. The van der Waals surface area contributed by atoms with Gasteiger partial charge in [-0.1, -0.05) is 91.0 Å². The molecule has 0 N–H and O–H groups in total. The van der Waals surface area contributed by atoms with Gasteiger partial charge in [0.1, 0.15) is 24.1 Å². The highest BCUT2D eigenvalue weighted by Gasteiger charge is 2.47. The molecule has 36 heavy (non-hydrogen) atoms. The lowest BCUT2D eigenvalue weighted by atomic mass is 9.92. The van der Waals surface area contributed by atoms with Crippen LogP contribution in [-0.4, -0.2) is 42.2 Å². The molecule has 1 aliphatic rings. The molecule has 0 aliphatic carbocycles. The third kappa shape index (κ3) is 7.48. The monoisotopic (exact) mass is 508 g/mol. The van der Waals surface area contributed by atoms with Crippen molar-refractivity contribution >= 4 is 17.4 Å². The highest BCUT2D eigenvalue weighted by molar-refractivity contribution is 6.27. The number of hydrogen-bond acceptors (Lipinski definition) is 5. The van der Waals surface area contributed by atoms with E-state index in [0.29, 0.717) is 19.8 Å². The highest BCUT2D eigenvalue weighted by Crippen LogP contribution is 2.32. The fourth-order valence-corrected chi connectivity index (χ4v) is 4.57. The van der Waals surface area contributed by atoms with E-state index in [4.69, 9.17) is 30.5 Å². The van der Waals surface area contributed by atoms with Crippen molar-refractivity contribution in [2.24, 2.45) is 0 Å². The van der Waals surface area contributed by atoms with Crippen molar-refractivity contribution in [1.29, 1.82) is 0 Å². The van der Waals surface area contributed by atoms with Crippen molar-refractivity contribution in [2.45, 2.75) is 63.7 Å². The van der Waals surface area contributed by atoms with Crippen LogP contribution in [0.1, 0.15) is 30.0 Å². The Morgan fingerprint density at radius 3 is 1.56 bits per heavy atom. The summed E-state index contributed by atoms with van der Waals surface area (Å²) in [5.41, 5.74) is 3.14. The summed E-state index contributed by atoms with van der Waals surface area (Å²) in [6.07, 6.45) is -2.00. The van der Waals surface area contributed by atoms with E-state index in [2.05, 4.69) is 0 Å². The van der Waals surface area contributed by atoms with Gasteiger partial charge in [0.05, 0.1) is 37.9 Å². The van der Waals surface area contributed by atoms with Crippen LogP contribution in [0.15, 0.2) is 91.0 Å². The number of Topliss-reactive ketones (excluding diaryl/α,β-unsaturated/α-hetero) is 1. The van der Waals surface area contributed by atoms with Crippen LogP contribution in [0.2, 0.25) is 0 Å². The van der Waals surface area contributed by atoms with Gasteiger partial charge in [0.15, 0.2) is 0 Å². The molecule has 4 rings (SSSR count). The van der Waals surface area contributed by atoms with Crippen LogP contribution >= 0.6 is 11.6 Å². The Labute approximate surface area is 218 Å². The van der Waals surface area contributed by atoms with Crippen LogP contribution in [0.5, 0.6) is 0 Å². The number of carbonyl (C=O) groups excluding carboxylic acids is 1. The van der Waals surface area contributed by atoms with Gasteiger partial charge in [0.2, 0.25) is 0 Å². The van der Waals surface area contributed by atoms with Gasteiger partial charge in [0, 0.05) is 6.42 Å². The normalized spacial score (nSPS) is 23.9. The molecule has 0 aromatic heterocycles. The van der Waals surface area contributed by atoms with Gasteiger partial charge >= 0.3 is 0 Å². The second-order valence-electron chi connectivity index (χ2n) is 9.04. The Bertz CT molecular complexity index is 1050. The second-order valence-corrected chi connectivity index (χ2v) is 9.31. The molecule has 1 aliphatic heterocycles. The zero-order chi connectivity index (χ0) is 25.2. The van der Waals surface area contributed by atoms with Gasteiger partial charge in [-0.05, 0) is 23.6 Å². The van der Waals surface area contributed by atoms with Crippen LogP contribution in [0.25, 0.3) is 0 Å². The van der Waals surface area contributed by atoms with Crippen LogP contribution in [0.4, 0.5) is 0 Å². The average Bonchev–Trinajstić information content (AvgIpc) is 2.92. The molecule has 0 saturated carbocycles. The third-order valence-corrected chi connectivity index (χ3v) is 6.60. The number of rotatable bonds is 12. The molecule has 0 radical (unpaired) electrons. The van der Waals surface area contributed by atoms with Crippen molar-refractivity contribution in [1.82, 2.24) is 0 Å². The smallest absolute Gasteiger partial charge is 0.150 e. The number of alkyl halides is 1. The van der Waals surface area contributed by atoms with Gasteiger partial charge in [-0.25, -0.2) is 0 Å². The summed E-state index contributed by atoms with van der Waals surface area (Å²) < 4.78 is 25.7. The summed E-state index contributed by atoms with van der Waals surface area (Å²) in [6.45, 7) is 3.14. The second kappa shape index (κ2) is 13.7. The van der Waals surface area contributed by atoms with Gasteiger partial charge in [0.25, 0.3) is 0 Å². The predicted octanol–water partition coefficient (Wildman–Crippen LogP) is 5.73. The van der Waals surface area contributed by atoms with E-state index in [1.165, 1.54) is 0 Å². The van der Waals surface area contributed by atoms with Gasteiger partial charge in [-0.2, -0.15) is 0 Å². The zero-order valence-corrected chi connectivity index (χ0v) is 21.3. The number of carbonyl (C=O) groups is 1. The maximum atomic E-state index is 12.3. The maximum absolute atomic E-state index is 12.3. The molecule has 0 spiro atoms. The minimum Gasteiger partial charge on any atom is -0.369 e. The topological polar surface area (TPSA) is 54.0 Å². The molecular formula is C30H33ClO5. The minimum absolute atomic E-state index is 0.0663. The van der Waals surface area contributed by atoms with Gasteiger partial charge in [-0.15, -0.1) is 11.6 Å². The molecule has 5 unspecified atom stereocenters. The van der Waals surface area contributed by atoms with Crippen molar-refractivity contribution < 1.29 is 23.7 Å². The molecule has 1 saturated heterocycles. The molecule has 5 atom stereocenters. The van der Waals surface area contributed by atoms with Crippen LogP contribution in [0, 0.1) is 0 Å². The van der Waals surface area contributed by atoms with E-state index in [0.717, 1.165) is 16.7 Å². The summed E-state index contributed by atoms with van der Waals surface area (Å²) >= 11 is 5.85. The SMILES string of the molecule is CC1OC(CC(=O)CCl)C(OCc2ccccc2)C(OCc2ccccc2)C1OCc1ccccc1. The maximum Gasteiger partial charge on any atom is 0.150 e. The number of hydrogen-bond donors (Lipinski definition) is 0. The van der Waals surface area contributed by atoms with E-state index < -0.39 is 24.4 Å². The van der Waals surface area contributed by atoms with Crippen molar-refractivity contribution in [3.8, 4) is 0 Å². The van der Waals surface area contributed by atoms with E-state index >= 15 is 0 Å². The summed E-state index contributed by atoms with van der Waals surface area (Å²) in [5, 5.41) is 0. The largest absolute Gasteiger partial charge is 0.369 e. The molecule has 0 amide bonds. The summed E-state index contributed by atoms with van der Waals surface area (Å²) in [7, 11) is 0. The molecule has 190 valence electrons. The lowest BCUT2D eigenvalue weighted by molar-refractivity contribution is -0.261. The lowest BCUT2D eigenvalue weighted by Gasteiger charge is -2.45. The standard InChI is InChI=1S/C30H33ClO5/c1-22-28(33-19-23-11-5-2-6-12-23)30(35-21-25-15-9-4-10-16-25)29(27(36-22)17-26(32)18-31)34-20-24-13-7-3-8-14-24/h2-16,22,27-30H,17-21H2,1H3. The van der Waals surface area contributed by atoms with E-state index in [9.17, 15) is 4.79 Å². The number of benzene rings is 3. The third-order valence-electron chi connectivity index (χ3n) is 6.30. The van der Waals surface area contributed by atoms with Crippen molar-refractivity contribution in [3.63, 3.8) is 0 Å². The number of ether oxygens (including phenoxy) is 4. The predicted molar refractivity (Wildman–Crippen MR) is 140 cm³/mol. The zero-order valence-electron chi connectivity index (χ0n) is 20.5. The first kappa shape index (κ1) is 26.5. The molecule has 5 nitrogen and oxygen atoms in total. The first-order valence-corrected chi connectivity index (χ1v) is 12.9. The fraction of sp³-hybridized carbons (Fsp3) is 0.367. The Kier molecular flexibility index (Phi) is 10.1. The molecule has 0 bridgehead atoms. The molecule has 3 aromatic rings. The van der Waals surface area contributed by atoms with Gasteiger partial charge < -0.3 is 18.9 Å². The highest BCUT2D eigenvalue weighted by atomic mass is 35.5. The average molecular weight is 509 g/mol. The van der Waals surface area contributed by atoms with Gasteiger partial charge in [-0.3, -0.25) is 4.79 Å². The fourth-order valence-electron chi connectivity index (χ4n) is 4.46. The van der Waals surface area contributed by atoms with Crippen molar-refractivity contribution in [3.05, 3.63) is 108 Å². The summed E-state index contributed by atoms with van der Waals surface area (Å²) in [4.78, 5) is 12.3. The Balaban J connectivity index is 1.58. The lowest BCUT2D eigenvalue weighted by Crippen LogP contribution is -2.59. The Morgan fingerprint density at radius 2 is 1.11 bits per heavy atom. The van der Waals surface area contributed by atoms with Crippen molar-refractivity contribution in [2.75, 3.05) is 5.88 Å². The Hall–Kier alpha value is -2.54. The Morgan fingerprint density at radius 1 is 0.694 bits per heavy atom. The van der Waals surface area contributed by atoms with Crippen LogP contribution in [-0.2, 0) is 43.6 Å². The van der Waals surface area contributed by atoms with E-state index in [1.54, 1.807) is 0 Å². The summed E-state index contributed by atoms with van der Waals surface area (Å²) in [6, 6.07) is 29.9. The van der Waals surface area contributed by atoms with Crippen LogP contribution in [0.3, 0.4) is 0 Å². The summed E-state index contributed by atoms with van der Waals surface area (Å²) in [5.74, 6) is -0.156. The molecule has 1 heterocycles. The van der Waals surface area contributed by atoms with E-state index in [1.807, 2.05) is 97.9 Å². The number of halogens is 1. The quantitative estimate of drug-likeness (QED) is 0.292. The van der Waals surface area contributed by atoms with Crippen LogP contribution < -0.4 is 0 Å². The number of ketones is 1. The molecular weight excluding hydrogens is 476 g/mol. The first-order chi connectivity index (χ1) is 17.6. The minimum atomic E-state index is -0.516. The first-order valence-electron chi connectivity index (χ1n) is 12.3. The van der Waals surface area contributed by atoms with E-state index in [-0.39, 0.29) is 24.2 Å².